The van der Waals surface area contributed by atoms with Crippen molar-refractivity contribution < 1.29 is 23.8 Å². The lowest BCUT2D eigenvalue weighted by atomic mass is 10.1. The minimum Gasteiger partial charge on any atom is -0.494 e. The van der Waals surface area contributed by atoms with Crippen LogP contribution < -0.4 is 4.74 Å². The molecule has 2 aliphatic rings. The van der Waals surface area contributed by atoms with E-state index >= 15 is 0 Å². The Hall–Kier alpha value is -4.86. The maximum absolute atomic E-state index is 13.0. The third-order valence-corrected chi connectivity index (χ3v) is 8.66. The molecule has 1 aliphatic heterocycles. The van der Waals surface area contributed by atoms with Crippen LogP contribution in [0, 0.1) is 11.8 Å². The molecule has 10 heteroatoms. The van der Waals surface area contributed by atoms with Gasteiger partial charge in [0, 0.05) is 37.8 Å². The van der Waals surface area contributed by atoms with Crippen molar-refractivity contribution in [3.8, 4) is 17.3 Å². The molecule has 44 heavy (non-hydrogen) atoms. The van der Waals surface area contributed by atoms with Crippen molar-refractivity contribution >= 4 is 34.1 Å². The van der Waals surface area contributed by atoms with Crippen LogP contribution in [-0.2, 0) is 29.2 Å². The fourth-order valence-electron chi connectivity index (χ4n) is 6.23. The molecule has 7 rings (SSSR count). The Bertz CT molecular complexity index is 1840. The largest absolute Gasteiger partial charge is 0.494 e. The highest BCUT2D eigenvalue weighted by Crippen LogP contribution is 2.38. The summed E-state index contributed by atoms with van der Waals surface area (Å²) in [6.07, 6.45) is 4.76. The highest BCUT2D eigenvalue weighted by atomic mass is 16.6. The second kappa shape index (κ2) is 11.7. The zero-order chi connectivity index (χ0) is 30.2. The molecule has 2 fully saturated rings. The Morgan fingerprint density at radius 2 is 1.75 bits per heavy atom. The van der Waals surface area contributed by atoms with Crippen molar-refractivity contribution in [1.29, 1.82) is 0 Å². The van der Waals surface area contributed by atoms with Gasteiger partial charge in [0.25, 0.3) is 0 Å². The van der Waals surface area contributed by atoms with Gasteiger partial charge in [0.1, 0.15) is 23.5 Å². The van der Waals surface area contributed by atoms with Gasteiger partial charge >= 0.3 is 12.1 Å². The van der Waals surface area contributed by atoms with Gasteiger partial charge in [-0.2, -0.15) is 0 Å². The molecule has 1 aliphatic carbocycles. The van der Waals surface area contributed by atoms with E-state index in [-0.39, 0.29) is 18.6 Å². The molecule has 4 heterocycles. The maximum Gasteiger partial charge on any atom is 0.410 e. The average Bonchev–Trinajstić information content (AvgIpc) is 3.46. The molecule has 3 aromatic heterocycles. The second-order valence-electron chi connectivity index (χ2n) is 11.7. The Morgan fingerprint density at radius 3 is 2.52 bits per heavy atom. The average molecular weight is 594 g/mol. The van der Waals surface area contributed by atoms with Crippen molar-refractivity contribution in [2.75, 3.05) is 27.3 Å². The first kappa shape index (κ1) is 27.9. The van der Waals surface area contributed by atoms with Crippen molar-refractivity contribution in [3.63, 3.8) is 0 Å². The monoisotopic (exact) mass is 593 g/mol. The fraction of sp³-hybridized carbons (Fsp3) is 0.353. The first-order valence-electron chi connectivity index (χ1n) is 15.1. The Morgan fingerprint density at radius 1 is 0.932 bits per heavy atom. The first-order valence-corrected chi connectivity index (χ1v) is 15.1. The summed E-state index contributed by atoms with van der Waals surface area (Å²) in [7, 11) is 2.96. The molecule has 5 aromatic rings. The molecular weight excluding hydrogens is 558 g/mol. The van der Waals surface area contributed by atoms with E-state index in [1.54, 1.807) is 24.1 Å². The highest BCUT2D eigenvalue weighted by Gasteiger charge is 2.31. The van der Waals surface area contributed by atoms with E-state index in [0.29, 0.717) is 42.4 Å². The number of hydrogen-bond donors (Lipinski definition) is 0. The number of imidazole rings is 1. The summed E-state index contributed by atoms with van der Waals surface area (Å²) in [4.78, 5) is 37.1. The number of hydrogen-bond acceptors (Lipinski definition) is 7. The number of likely N-dealkylation sites (tertiary alicyclic amines) is 1. The summed E-state index contributed by atoms with van der Waals surface area (Å²) < 4.78 is 21.0. The summed E-state index contributed by atoms with van der Waals surface area (Å²) >= 11 is 0. The second-order valence-corrected chi connectivity index (χ2v) is 11.7. The normalized spacial score (nSPS) is 16.5. The van der Waals surface area contributed by atoms with E-state index in [4.69, 9.17) is 24.2 Å². The minimum atomic E-state index is -0.450. The van der Waals surface area contributed by atoms with E-state index in [2.05, 4.69) is 21.3 Å². The fourth-order valence-corrected chi connectivity index (χ4v) is 6.23. The molecule has 2 aromatic carbocycles. The predicted molar refractivity (Wildman–Crippen MR) is 165 cm³/mol. The van der Waals surface area contributed by atoms with Crippen LogP contribution in [0.1, 0.15) is 35.2 Å². The molecule has 1 amide bonds. The number of aromatic nitrogens is 4. The molecule has 0 bridgehead atoms. The summed E-state index contributed by atoms with van der Waals surface area (Å²) in [6, 6.07) is 19.4. The summed E-state index contributed by atoms with van der Waals surface area (Å²) in [5.41, 5.74) is 4.69. The lowest BCUT2D eigenvalue weighted by Crippen LogP contribution is -2.29. The van der Waals surface area contributed by atoms with Crippen molar-refractivity contribution in [3.05, 3.63) is 78.0 Å². The lowest BCUT2D eigenvalue weighted by Gasteiger charge is -2.19. The molecule has 10 nitrogen and oxygen atoms in total. The van der Waals surface area contributed by atoms with E-state index in [0.717, 1.165) is 46.6 Å². The van der Waals surface area contributed by atoms with Crippen LogP contribution in [0.15, 0.2) is 66.9 Å². The molecule has 1 unspecified atom stereocenters. The summed E-state index contributed by atoms with van der Waals surface area (Å²) in [6.45, 7) is 2.92. The van der Waals surface area contributed by atoms with Gasteiger partial charge in [-0.15, -0.1) is 0 Å². The van der Waals surface area contributed by atoms with Gasteiger partial charge in [-0.05, 0) is 67.0 Å². The Labute approximate surface area is 255 Å². The van der Waals surface area contributed by atoms with Crippen LogP contribution in [-0.4, -0.2) is 63.4 Å². The van der Waals surface area contributed by atoms with Gasteiger partial charge in [0.15, 0.2) is 5.82 Å². The van der Waals surface area contributed by atoms with Crippen LogP contribution in [0.3, 0.4) is 0 Å². The summed E-state index contributed by atoms with van der Waals surface area (Å²) in [5.74, 6) is 1.66. The number of carbonyl (C=O) groups excluding carboxylic acids is 2. The van der Waals surface area contributed by atoms with Crippen LogP contribution in [0.25, 0.3) is 33.6 Å². The van der Waals surface area contributed by atoms with Crippen LogP contribution >= 0.6 is 0 Å². The smallest absolute Gasteiger partial charge is 0.410 e. The van der Waals surface area contributed by atoms with Gasteiger partial charge in [-0.3, -0.25) is 0 Å². The van der Waals surface area contributed by atoms with Gasteiger partial charge in [0.2, 0.25) is 0 Å². The number of esters is 1. The molecule has 0 radical (unpaired) electrons. The number of fused-ring (bicyclic) bond motifs is 2. The Balaban J connectivity index is 1.25. The number of carbonyl (C=O) groups is 2. The van der Waals surface area contributed by atoms with E-state index < -0.39 is 5.97 Å². The third-order valence-electron chi connectivity index (χ3n) is 8.66. The quantitative estimate of drug-likeness (QED) is 0.196. The van der Waals surface area contributed by atoms with Gasteiger partial charge in [0.05, 0.1) is 31.0 Å². The number of nitrogens with zero attached hydrogens (tertiary/aromatic N) is 5. The van der Waals surface area contributed by atoms with Gasteiger partial charge < -0.3 is 28.2 Å². The lowest BCUT2D eigenvalue weighted by molar-refractivity contribution is 0.0600. The molecular formula is C34H35N5O5. The van der Waals surface area contributed by atoms with Crippen molar-refractivity contribution in [1.82, 2.24) is 24.0 Å². The van der Waals surface area contributed by atoms with E-state index in [1.165, 1.54) is 20.0 Å². The SMILES string of the molecule is COC(=O)c1cc(OC)c2c(c1)nc(-c1cc3cccnc3n1CC1CC1)n2CC1CCN(C(=O)OCc2ccccc2)C1. The van der Waals surface area contributed by atoms with Crippen LogP contribution in [0.5, 0.6) is 5.75 Å². The zero-order valence-corrected chi connectivity index (χ0v) is 24.9. The number of amides is 1. The third kappa shape index (κ3) is 5.36. The number of methoxy groups -OCH3 is 2. The van der Waals surface area contributed by atoms with Crippen molar-refractivity contribution in [2.24, 2.45) is 11.8 Å². The highest BCUT2D eigenvalue weighted by molar-refractivity contribution is 5.97. The Kier molecular flexibility index (Phi) is 7.41. The van der Waals surface area contributed by atoms with Crippen molar-refractivity contribution in [2.45, 2.75) is 39.0 Å². The number of benzene rings is 2. The topological polar surface area (TPSA) is 101 Å². The van der Waals surface area contributed by atoms with Gasteiger partial charge in [-0.25, -0.2) is 19.6 Å². The van der Waals surface area contributed by atoms with Gasteiger partial charge in [-0.1, -0.05) is 30.3 Å². The van der Waals surface area contributed by atoms with E-state index in [1.807, 2.05) is 42.6 Å². The molecule has 0 N–H and O–H groups in total. The molecule has 1 saturated carbocycles. The van der Waals surface area contributed by atoms with Crippen LogP contribution in [0.2, 0.25) is 0 Å². The molecule has 1 atom stereocenters. The van der Waals surface area contributed by atoms with E-state index in [9.17, 15) is 9.59 Å². The molecule has 226 valence electrons. The predicted octanol–water partition coefficient (Wildman–Crippen LogP) is 5.92. The summed E-state index contributed by atoms with van der Waals surface area (Å²) in [5, 5.41) is 1.05. The zero-order valence-electron chi connectivity index (χ0n) is 24.9. The number of rotatable bonds is 9. The number of ether oxygens (including phenoxy) is 3. The number of pyridine rings is 1. The standard InChI is InChI=1S/C34H35N5O5/c1-42-29-17-26(33(40)43-2)15-27-30(29)39(20-24-12-14-37(18-24)34(41)44-21-23-7-4-3-5-8-23)32(36-27)28-16-25-9-6-13-35-31(25)38(28)19-22-10-11-22/h3-9,13,15-17,22,24H,10-12,14,18-21H2,1-2H3. The first-order chi connectivity index (χ1) is 21.5. The molecule has 0 spiro atoms. The van der Waals surface area contributed by atoms with Crippen LogP contribution in [0.4, 0.5) is 4.79 Å². The minimum absolute atomic E-state index is 0.166. The maximum atomic E-state index is 13.0. The molecule has 1 saturated heterocycles.